The highest BCUT2D eigenvalue weighted by atomic mass is 16.3. The average Bonchev–Trinajstić information content (AvgIpc) is 2.77. The number of rotatable bonds is 5. The first-order chi connectivity index (χ1) is 8.29. The highest BCUT2D eigenvalue weighted by Gasteiger charge is 2.26. The minimum absolute atomic E-state index is 0.221. The zero-order chi connectivity index (χ0) is 12.1. The molecule has 0 aliphatic heterocycles. The highest BCUT2D eigenvalue weighted by Crippen LogP contribution is 2.24. The lowest BCUT2D eigenvalue weighted by Gasteiger charge is -2.28. The van der Waals surface area contributed by atoms with Crippen molar-refractivity contribution in [2.45, 2.75) is 37.9 Å². The molecule has 0 aromatic heterocycles. The zero-order valence-electron chi connectivity index (χ0n) is 10.3. The molecule has 0 heterocycles. The van der Waals surface area contributed by atoms with Crippen molar-refractivity contribution >= 4 is 0 Å². The van der Waals surface area contributed by atoms with Gasteiger partial charge in [0.1, 0.15) is 0 Å². The molecule has 2 atom stereocenters. The average molecular weight is 234 g/mol. The van der Waals surface area contributed by atoms with E-state index in [1.807, 2.05) is 6.07 Å². The second-order valence-corrected chi connectivity index (χ2v) is 4.91. The fourth-order valence-electron chi connectivity index (χ4n) is 2.66. The largest absolute Gasteiger partial charge is 0.395 e. The maximum absolute atomic E-state index is 9.17. The molecule has 17 heavy (non-hydrogen) atoms. The summed E-state index contributed by atoms with van der Waals surface area (Å²) in [5, 5.41) is 9.17. The van der Waals surface area contributed by atoms with Crippen LogP contribution in [-0.4, -0.2) is 35.2 Å². The lowest BCUT2D eigenvalue weighted by molar-refractivity contribution is 0.144. The lowest BCUT2D eigenvalue weighted by Crippen LogP contribution is -2.36. The number of hydrogen-bond donors (Lipinski definition) is 2. The van der Waals surface area contributed by atoms with Crippen molar-refractivity contribution in [2.75, 3.05) is 13.2 Å². The van der Waals surface area contributed by atoms with Crippen LogP contribution in [0.4, 0.5) is 0 Å². The molecule has 2 rings (SSSR count). The summed E-state index contributed by atoms with van der Waals surface area (Å²) in [6, 6.07) is 11.3. The van der Waals surface area contributed by atoms with Gasteiger partial charge in [0.25, 0.3) is 0 Å². The Balaban J connectivity index is 1.97. The van der Waals surface area contributed by atoms with Crippen LogP contribution in [0.25, 0.3) is 0 Å². The van der Waals surface area contributed by atoms with Crippen LogP contribution in [0.1, 0.15) is 24.8 Å². The normalized spacial score (nSPS) is 24.4. The van der Waals surface area contributed by atoms with Crippen LogP contribution < -0.4 is 5.73 Å². The Bertz CT molecular complexity index is 328. The first kappa shape index (κ1) is 12.6. The number of benzene rings is 1. The van der Waals surface area contributed by atoms with E-state index in [1.165, 1.54) is 5.56 Å². The smallest absolute Gasteiger partial charge is 0.0558 e. The quantitative estimate of drug-likeness (QED) is 0.809. The van der Waals surface area contributed by atoms with Crippen LogP contribution in [0, 0.1) is 0 Å². The van der Waals surface area contributed by atoms with Crippen molar-refractivity contribution in [3.05, 3.63) is 35.9 Å². The summed E-state index contributed by atoms with van der Waals surface area (Å²) in [4.78, 5) is 2.36. The minimum atomic E-state index is 0.221. The molecule has 0 radical (unpaired) electrons. The van der Waals surface area contributed by atoms with Gasteiger partial charge in [-0.1, -0.05) is 30.3 Å². The van der Waals surface area contributed by atoms with Gasteiger partial charge in [-0.25, -0.2) is 0 Å². The monoisotopic (exact) mass is 234 g/mol. The predicted molar refractivity (Wildman–Crippen MR) is 69.6 cm³/mol. The molecule has 0 spiro atoms. The third-order valence-electron chi connectivity index (χ3n) is 3.58. The van der Waals surface area contributed by atoms with E-state index in [4.69, 9.17) is 10.8 Å². The number of aliphatic hydroxyl groups is 1. The molecule has 1 fully saturated rings. The number of aliphatic hydroxyl groups excluding tert-OH is 1. The van der Waals surface area contributed by atoms with Gasteiger partial charge in [-0.2, -0.15) is 0 Å². The van der Waals surface area contributed by atoms with Crippen LogP contribution >= 0.6 is 0 Å². The summed E-state index contributed by atoms with van der Waals surface area (Å²) in [5.41, 5.74) is 7.27. The fourth-order valence-corrected chi connectivity index (χ4v) is 2.66. The van der Waals surface area contributed by atoms with Gasteiger partial charge in [-0.15, -0.1) is 0 Å². The zero-order valence-corrected chi connectivity index (χ0v) is 10.3. The Hall–Kier alpha value is -0.900. The molecule has 1 aromatic rings. The maximum atomic E-state index is 9.17. The maximum Gasteiger partial charge on any atom is 0.0558 e. The summed E-state index contributed by atoms with van der Waals surface area (Å²) < 4.78 is 0. The molecule has 0 amide bonds. The first-order valence-electron chi connectivity index (χ1n) is 6.44. The molecule has 3 N–H and O–H groups in total. The van der Waals surface area contributed by atoms with E-state index in [0.29, 0.717) is 12.1 Å². The van der Waals surface area contributed by atoms with Crippen molar-refractivity contribution in [3.8, 4) is 0 Å². The summed E-state index contributed by atoms with van der Waals surface area (Å²) in [6.45, 7) is 1.88. The van der Waals surface area contributed by atoms with Gasteiger partial charge in [-0.3, -0.25) is 4.90 Å². The topological polar surface area (TPSA) is 49.5 Å². The Kier molecular flexibility index (Phi) is 4.54. The van der Waals surface area contributed by atoms with E-state index >= 15 is 0 Å². The van der Waals surface area contributed by atoms with Gasteiger partial charge in [0, 0.05) is 25.2 Å². The number of nitrogens with zero attached hydrogens (tertiary/aromatic N) is 1. The number of nitrogens with two attached hydrogens (primary N) is 1. The minimum Gasteiger partial charge on any atom is -0.395 e. The molecule has 94 valence electrons. The molecule has 3 heteroatoms. The van der Waals surface area contributed by atoms with Crippen LogP contribution in [0.5, 0.6) is 0 Å². The van der Waals surface area contributed by atoms with Gasteiger partial charge in [0.05, 0.1) is 6.61 Å². The fraction of sp³-hybridized carbons (Fsp3) is 0.571. The Labute approximate surface area is 103 Å². The standard InChI is InChI=1S/C14H22N2O/c15-13-6-7-14(10-13)16(8-9-17)11-12-4-2-1-3-5-12/h1-5,13-14,17H,6-11,15H2. The van der Waals surface area contributed by atoms with E-state index in [-0.39, 0.29) is 6.61 Å². The highest BCUT2D eigenvalue weighted by molar-refractivity contribution is 5.14. The Morgan fingerprint density at radius 3 is 2.59 bits per heavy atom. The molecule has 0 saturated heterocycles. The third kappa shape index (κ3) is 3.53. The molecule has 1 saturated carbocycles. The van der Waals surface area contributed by atoms with Crippen LogP contribution in [-0.2, 0) is 6.54 Å². The van der Waals surface area contributed by atoms with Gasteiger partial charge in [0.2, 0.25) is 0 Å². The second-order valence-electron chi connectivity index (χ2n) is 4.91. The van der Waals surface area contributed by atoms with Crippen molar-refractivity contribution in [3.63, 3.8) is 0 Å². The molecule has 3 nitrogen and oxygen atoms in total. The second kappa shape index (κ2) is 6.15. The Morgan fingerprint density at radius 2 is 2.00 bits per heavy atom. The van der Waals surface area contributed by atoms with Gasteiger partial charge in [-0.05, 0) is 24.8 Å². The summed E-state index contributed by atoms with van der Waals surface area (Å²) >= 11 is 0. The molecular weight excluding hydrogens is 212 g/mol. The summed E-state index contributed by atoms with van der Waals surface area (Å²) in [7, 11) is 0. The molecule has 1 aromatic carbocycles. The molecule has 1 aliphatic rings. The van der Waals surface area contributed by atoms with E-state index in [2.05, 4.69) is 29.2 Å². The summed E-state index contributed by atoms with van der Waals surface area (Å²) in [5.74, 6) is 0. The molecular formula is C14H22N2O. The van der Waals surface area contributed by atoms with E-state index in [1.54, 1.807) is 0 Å². The number of hydrogen-bond acceptors (Lipinski definition) is 3. The van der Waals surface area contributed by atoms with Crippen molar-refractivity contribution in [1.29, 1.82) is 0 Å². The van der Waals surface area contributed by atoms with Gasteiger partial charge < -0.3 is 10.8 Å². The van der Waals surface area contributed by atoms with Crippen molar-refractivity contribution < 1.29 is 5.11 Å². The summed E-state index contributed by atoms with van der Waals surface area (Å²) in [6.07, 6.45) is 3.34. The first-order valence-corrected chi connectivity index (χ1v) is 6.44. The van der Waals surface area contributed by atoms with Crippen molar-refractivity contribution in [1.82, 2.24) is 4.90 Å². The van der Waals surface area contributed by atoms with Crippen LogP contribution in [0.2, 0.25) is 0 Å². The van der Waals surface area contributed by atoms with Crippen molar-refractivity contribution in [2.24, 2.45) is 5.73 Å². The lowest BCUT2D eigenvalue weighted by atomic mass is 10.1. The van der Waals surface area contributed by atoms with Gasteiger partial charge >= 0.3 is 0 Å². The van der Waals surface area contributed by atoms with Gasteiger partial charge in [0.15, 0.2) is 0 Å². The molecule has 1 aliphatic carbocycles. The van der Waals surface area contributed by atoms with Crippen LogP contribution in [0.3, 0.4) is 0 Å². The van der Waals surface area contributed by atoms with E-state index in [0.717, 1.165) is 32.4 Å². The third-order valence-corrected chi connectivity index (χ3v) is 3.58. The molecule has 0 bridgehead atoms. The van der Waals surface area contributed by atoms with E-state index < -0.39 is 0 Å². The predicted octanol–water partition coefficient (Wildman–Crippen LogP) is 1.36. The molecule has 2 unspecified atom stereocenters. The van der Waals surface area contributed by atoms with E-state index in [9.17, 15) is 0 Å². The van der Waals surface area contributed by atoms with Crippen LogP contribution in [0.15, 0.2) is 30.3 Å². The SMILES string of the molecule is NC1CCC(N(CCO)Cc2ccccc2)C1. The Morgan fingerprint density at radius 1 is 1.24 bits per heavy atom.